The molecule has 2 saturated heterocycles. The Bertz CT molecular complexity index is 2240. The number of imidazole rings is 2. The molecule has 0 spiro atoms. The lowest BCUT2D eigenvalue weighted by Crippen LogP contribution is -2.44. The van der Waals surface area contributed by atoms with Gasteiger partial charge in [0.25, 0.3) is 0 Å². The van der Waals surface area contributed by atoms with Gasteiger partial charge >= 0.3 is 0 Å². The van der Waals surface area contributed by atoms with Crippen LogP contribution in [0.15, 0.2) is 138 Å². The first-order valence-electron chi connectivity index (χ1n) is 21.1. The lowest BCUT2D eigenvalue weighted by atomic mass is 9.86. The summed E-state index contributed by atoms with van der Waals surface area (Å²) in [5.41, 5.74) is 21.4. The van der Waals surface area contributed by atoms with Gasteiger partial charge in [0.2, 0.25) is 0 Å². The number of piperidine rings is 2. The molecule has 13 nitrogen and oxygen atoms in total. The Balaban J connectivity index is 0.000000154. The smallest absolute Gasteiger partial charge is 0.196 e. The van der Waals surface area contributed by atoms with Gasteiger partial charge in [-0.15, -0.1) is 0 Å². The third kappa shape index (κ3) is 8.15. The zero-order valence-electron chi connectivity index (χ0n) is 33.7. The number of aliphatic hydroxyl groups excluding tert-OH is 2. The molecule has 4 atom stereocenters. The molecule has 0 radical (unpaired) electrons. The number of pyridine rings is 1. The van der Waals surface area contributed by atoms with Crippen LogP contribution in [0.25, 0.3) is 22.5 Å². The predicted octanol–water partition coefficient (Wildman–Crippen LogP) is 6.52. The Morgan fingerprint density at radius 2 is 0.983 bits per heavy atom. The van der Waals surface area contributed by atoms with Crippen molar-refractivity contribution in [1.82, 2.24) is 33.9 Å². The molecule has 6 aromatic rings. The molecule has 13 heteroatoms. The van der Waals surface area contributed by atoms with Crippen LogP contribution in [-0.2, 0) is 0 Å². The zero-order valence-corrected chi connectivity index (χ0v) is 33.7. The van der Waals surface area contributed by atoms with Gasteiger partial charge in [0.1, 0.15) is 0 Å². The molecule has 4 aliphatic heterocycles. The predicted molar refractivity (Wildman–Crippen MR) is 235 cm³/mol. The monoisotopic (exact) mass is 803 g/mol. The first kappa shape index (κ1) is 39.2. The van der Waals surface area contributed by atoms with Crippen LogP contribution in [0, 0.1) is 11.8 Å². The number of nitrogens with two attached hydrogens (primary N) is 2. The fourth-order valence-electron chi connectivity index (χ4n) is 9.54. The average Bonchev–Trinajstić information content (AvgIpc) is 4.09. The maximum Gasteiger partial charge on any atom is 0.196 e. The second-order valence-corrected chi connectivity index (χ2v) is 16.3. The molecule has 0 bridgehead atoms. The lowest BCUT2D eigenvalue weighted by Gasteiger charge is -2.35. The molecule has 6 N–H and O–H groups in total. The number of fused-ring (bicyclic) bond motifs is 6. The number of guanidine groups is 2. The van der Waals surface area contributed by atoms with Crippen LogP contribution in [-0.4, -0.2) is 94.4 Å². The van der Waals surface area contributed by atoms with Crippen LogP contribution >= 0.6 is 0 Å². The second-order valence-electron chi connectivity index (χ2n) is 16.3. The molecule has 3 aromatic heterocycles. The average molecular weight is 804 g/mol. The van der Waals surface area contributed by atoms with Crippen LogP contribution in [0.4, 0.5) is 11.4 Å². The number of aromatic nitrogens is 5. The van der Waals surface area contributed by atoms with Gasteiger partial charge in [-0.1, -0.05) is 66.7 Å². The third-order valence-electron chi connectivity index (χ3n) is 12.8. The Morgan fingerprint density at radius 3 is 1.45 bits per heavy atom. The van der Waals surface area contributed by atoms with Gasteiger partial charge in [0.05, 0.1) is 72.1 Å². The number of likely N-dealkylation sites (tertiary alicyclic amines) is 2. The zero-order chi connectivity index (χ0) is 41.0. The van der Waals surface area contributed by atoms with Gasteiger partial charge in [0.15, 0.2) is 11.9 Å². The van der Waals surface area contributed by atoms with Gasteiger partial charge in [-0.3, -0.25) is 4.98 Å². The van der Waals surface area contributed by atoms with Crippen molar-refractivity contribution < 1.29 is 10.2 Å². The molecule has 60 heavy (non-hydrogen) atoms. The second kappa shape index (κ2) is 17.5. The number of benzene rings is 3. The van der Waals surface area contributed by atoms with Crippen LogP contribution in [0.5, 0.6) is 0 Å². The summed E-state index contributed by atoms with van der Waals surface area (Å²) in [4.78, 5) is 25.9. The van der Waals surface area contributed by atoms with E-state index in [9.17, 15) is 10.2 Å². The summed E-state index contributed by atoms with van der Waals surface area (Å²) in [6, 6.07) is 30.6. The molecule has 0 amide bonds. The standard InChI is InChI=1S/C24H27N5O.C23H26N6O/c25-24(27-18-6-2-1-3-7-18)28-12-10-17(11-13-28)23(30)14-21-19-8-4-5-9-20(19)22-15-26-16-29(21)22;24-23(27-17-5-9-25-10-6-17)28-11-7-16(8-12-28)22(30)13-20-18-3-1-2-4-19(18)21-14-26-15-29(20)21/h1-9,15-17,21,23,30H,10-14H2,(H2,25,27);1-6,9-10,14-16,20,22,30H,7-8,11-13H2,(H2,24,25,27). The van der Waals surface area contributed by atoms with Gasteiger partial charge in [-0.05, 0) is 85.8 Å². The van der Waals surface area contributed by atoms with E-state index < -0.39 is 0 Å². The van der Waals surface area contributed by atoms with Crippen molar-refractivity contribution in [3.05, 3.63) is 140 Å². The summed E-state index contributed by atoms with van der Waals surface area (Å²) in [7, 11) is 0. The van der Waals surface area contributed by atoms with E-state index in [-0.39, 0.29) is 36.1 Å². The Morgan fingerprint density at radius 1 is 0.567 bits per heavy atom. The Kier molecular flexibility index (Phi) is 11.4. The highest BCUT2D eigenvalue weighted by Crippen LogP contribution is 2.44. The summed E-state index contributed by atoms with van der Waals surface area (Å²) < 4.78 is 4.40. The fraction of sp³-hybridized carbons (Fsp3) is 0.340. The number of hydrogen-bond donors (Lipinski definition) is 4. The first-order chi connectivity index (χ1) is 29.4. The topological polar surface area (TPSA) is 172 Å². The number of hydrogen-bond acceptors (Lipinski definition) is 7. The molecule has 3 aromatic carbocycles. The summed E-state index contributed by atoms with van der Waals surface area (Å²) in [5, 5.41) is 22.1. The van der Waals surface area contributed by atoms with Crippen LogP contribution in [0.3, 0.4) is 0 Å². The molecular weight excluding hydrogens is 751 g/mol. The van der Waals surface area contributed by atoms with Gasteiger partial charge in [-0.2, -0.15) is 0 Å². The van der Waals surface area contributed by atoms with Crippen LogP contribution in [0.2, 0.25) is 0 Å². The highest BCUT2D eigenvalue weighted by molar-refractivity contribution is 5.81. The Labute approximate surface area is 350 Å². The van der Waals surface area contributed by atoms with Crippen molar-refractivity contribution in [1.29, 1.82) is 0 Å². The third-order valence-corrected chi connectivity index (χ3v) is 12.8. The molecule has 308 valence electrons. The molecular formula is C47H53N11O2. The van der Waals surface area contributed by atoms with Crippen molar-refractivity contribution in [2.45, 2.75) is 62.8 Å². The van der Waals surface area contributed by atoms with E-state index in [2.05, 4.69) is 92.4 Å². The van der Waals surface area contributed by atoms with Gasteiger partial charge in [-0.25, -0.2) is 20.0 Å². The van der Waals surface area contributed by atoms with Crippen molar-refractivity contribution in [2.75, 3.05) is 26.2 Å². The van der Waals surface area contributed by atoms with Crippen molar-refractivity contribution in [3.8, 4) is 22.5 Å². The van der Waals surface area contributed by atoms with E-state index in [1.807, 2.05) is 67.5 Å². The minimum atomic E-state index is -0.364. The Hall–Kier alpha value is -6.31. The number of rotatable bonds is 8. The van der Waals surface area contributed by atoms with E-state index in [0.29, 0.717) is 24.8 Å². The molecule has 10 rings (SSSR count). The van der Waals surface area contributed by atoms with Crippen LogP contribution < -0.4 is 11.5 Å². The number of aliphatic hydroxyl groups is 2. The van der Waals surface area contributed by atoms with Gasteiger partial charge in [0, 0.05) is 49.7 Å². The number of aliphatic imine (C=N–C) groups is 2. The quantitative estimate of drug-likeness (QED) is 0.0988. The normalized spacial score (nSPS) is 20.1. The molecule has 0 saturated carbocycles. The minimum absolute atomic E-state index is 0.144. The van der Waals surface area contributed by atoms with E-state index >= 15 is 0 Å². The van der Waals surface area contributed by atoms with Crippen LogP contribution in [0.1, 0.15) is 61.7 Å². The molecule has 0 aliphatic carbocycles. The molecule has 7 heterocycles. The van der Waals surface area contributed by atoms with Crippen molar-refractivity contribution in [3.63, 3.8) is 0 Å². The van der Waals surface area contributed by atoms with Crippen molar-refractivity contribution in [2.24, 2.45) is 33.3 Å². The van der Waals surface area contributed by atoms with E-state index in [0.717, 1.165) is 74.6 Å². The van der Waals surface area contributed by atoms with E-state index in [4.69, 9.17) is 11.5 Å². The number of para-hydroxylation sites is 1. The lowest BCUT2D eigenvalue weighted by molar-refractivity contribution is 0.0593. The number of nitrogens with zero attached hydrogens (tertiary/aromatic N) is 9. The maximum atomic E-state index is 11.1. The van der Waals surface area contributed by atoms with Gasteiger partial charge < -0.3 is 40.6 Å². The largest absolute Gasteiger partial charge is 0.393 e. The summed E-state index contributed by atoms with van der Waals surface area (Å²) in [6.45, 7) is 3.25. The maximum absolute atomic E-state index is 11.1. The fourth-order valence-corrected chi connectivity index (χ4v) is 9.54. The highest BCUT2D eigenvalue weighted by Gasteiger charge is 2.35. The first-order valence-corrected chi connectivity index (χ1v) is 21.1. The highest BCUT2D eigenvalue weighted by atomic mass is 16.3. The summed E-state index contributed by atoms with van der Waals surface area (Å²) >= 11 is 0. The molecule has 2 fully saturated rings. The van der Waals surface area contributed by atoms with Crippen molar-refractivity contribution >= 4 is 23.3 Å². The molecule has 4 aliphatic rings. The van der Waals surface area contributed by atoms with E-state index in [1.165, 1.54) is 22.3 Å². The van der Waals surface area contributed by atoms with E-state index in [1.54, 1.807) is 12.4 Å². The summed E-state index contributed by atoms with van der Waals surface area (Å²) in [6.07, 6.45) is 15.3. The minimum Gasteiger partial charge on any atom is -0.393 e. The SMILES string of the molecule is NC(=Nc1ccccc1)N1CCC(C(O)CC2c3ccccc3-c3cncn32)CC1.NC(=Nc1ccncc1)N1CCC(C(O)CC2c3ccccc3-c3cncn32)CC1. The summed E-state index contributed by atoms with van der Waals surface area (Å²) in [5.74, 6) is 1.61. The molecule has 4 unspecified atom stereocenters.